The maximum atomic E-state index is 11.3. The number of rotatable bonds is 5. The van der Waals surface area contributed by atoms with Crippen molar-refractivity contribution in [1.82, 2.24) is 4.98 Å². The first kappa shape index (κ1) is 18.7. The van der Waals surface area contributed by atoms with E-state index in [2.05, 4.69) is 4.98 Å². The van der Waals surface area contributed by atoms with Gasteiger partial charge in [-0.15, -0.1) is 11.3 Å². The Kier molecular flexibility index (Phi) is 5.74. The summed E-state index contributed by atoms with van der Waals surface area (Å²) in [7, 11) is -0.506. The molecule has 0 bridgehead atoms. The highest BCUT2D eigenvalue weighted by Crippen LogP contribution is 2.39. The molecule has 5 nitrogen and oxygen atoms in total. The summed E-state index contributed by atoms with van der Waals surface area (Å²) in [4.78, 5) is 16.4. The van der Waals surface area contributed by atoms with Gasteiger partial charge < -0.3 is 14.4 Å². The first-order valence-corrected chi connectivity index (χ1v) is 9.20. The molecule has 126 valence electrons. The zero-order valence-corrected chi connectivity index (χ0v) is 15.7. The van der Waals surface area contributed by atoms with E-state index in [4.69, 9.17) is 14.4 Å². The van der Waals surface area contributed by atoms with E-state index in [1.165, 1.54) is 23.1 Å². The van der Waals surface area contributed by atoms with Crippen LogP contribution < -0.4 is 0 Å². The van der Waals surface area contributed by atoms with Gasteiger partial charge in [-0.2, -0.15) is 0 Å². The van der Waals surface area contributed by atoms with Gasteiger partial charge in [0.25, 0.3) is 0 Å². The standard InChI is InChI=1S/C15H22BNO4S2/c1-10(19)22-9-11(6-13-17-7-12(8-18)23-13)16-20-14(2,3)15(4,5)21-16/h6-7,18H,8-9H2,1-5H3. The lowest BCUT2D eigenvalue weighted by molar-refractivity contribution is -0.109. The predicted octanol–water partition coefficient (Wildman–Crippen LogP) is 2.93. The molecule has 1 aliphatic rings. The average molecular weight is 355 g/mol. The summed E-state index contributed by atoms with van der Waals surface area (Å²) in [6.07, 6.45) is 3.54. The molecule has 0 radical (unpaired) electrons. The van der Waals surface area contributed by atoms with E-state index < -0.39 is 18.3 Å². The van der Waals surface area contributed by atoms with Crippen molar-refractivity contribution in [2.45, 2.75) is 52.4 Å². The van der Waals surface area contributed by atoms with Gasteiger partial charge in [-0.05, 0) is 39.2 Å². The number of aromatic nitrogens is 1. The van der Waals surface area contributed by atoms with Crippen LogP contribution in [0.25, 0.3) is 6.08 Å². The van der Waals surface area contributed by atoms with Crippen molar-refractivity contribution < 1.29 is 19.2 Å². The Hall–Kier alpha value is -0.665. The largest absolute Gasteiger partial charge is 0.491 e. The number of hydrogen-bond donors (Lipinski definition) is 1. The van der Waals surface area contributed by atoms with Crippen LogP contribution in [0.1, 0.15) is 44.5 Å². The highest BCUT2D eigenvalue weighted by Gasteiger charge is 2.52. The van der Waals surface area contributed by atoms with Crippen LogP contribution in [0.2, 0.25) is 0 Å². The molecule has 0 unspecified atom stereocenters. The Morgan fingerprint density at radius 3 is 2.48 bits per heavy atom. The number of aliphatic hydroxyl groups excluding tert-OH is 1. The van der Waals surface area contributed by atoms with E-state index in [1.807, 2.05) is 33.8 Å². The molecule has 0 amide bonds. The molecule has 1 N–H and O–H groups in total. The summed E-state index contributed by atoms with van der Waals surface area (Å²) < 4.78 is 12.2. The fourth-order valence-electron chi connectivity index (χ4n) is 1.98. The molecular weight excluding hydrogens is 333 g/mol. The summed E-state index contributed by atoms with van der Waals surface area (Å²) in [5.41, 5.74) is -0.00389. The second-order valence-electron chi connectivity index (χ2n) is 6.41. The van der Waals surface area contributed by atoms with Gasteiger partial charge in [-0.25, -0.2) is 4.98 Å². The summed E-state index contributed by atoms with van der Waals surface area (Å²) >= 11 is 2.63. The van der Waals surface area contributed by atoms with Crippen LogP contribution in [0, 0.1) is 0 Å². The number of hydrogen-bond acceptors (Lipinski definition) is 7. The molecule has 2 heterocycles. The SMILES string of the molecule is CC(=O)SCC(=Cc1ncc(CO)s1)B1OC(C)(C)C(C)(C)O1. The zero-order chi connectivity index (χ0) is 17.3. The van der Waals surface area contributed by atoms with E-state index in [9.17, 15) is 4.79 Å². The third-order valence-corrected chi connectivity index (χ3v) is 5.85. The second kappa shape index (κ2) is 7.07. The predicted molar refractivity (Wildman–Crippen MR) is 95.2 cm³/mol. The van der Waals surface area contributed by atoms with Crippen LogP contribution in [0.15, 0.2) is 11.7 Å². The third kappa shape index (κ3) is 4.45. The van der Waals surface area contributed by atoms with Gasteiger partial charge in [0.05, 0.1) is 22.7 Å². The van der Waals surface area contributed by atoms with Crippen molar-refractivity contribution in [3.8, 4) is 0 Å². The quantitative estimate of drug-likeness (QED) is 0.819. The van der Waals surface area contributed by atoms with E-state index in [1.54, 1.807) is 13.1 Å². The van der Waals surface area contributed by atoms with Crippen molar-refractivity contribution in [3.63, 3.8) is 0 Å². The molecule has 1 fully saturated rings. The van der Waals surface area contributed by atoms with Gasteiger partial charge >= 0.3 is 7.12 Å². The molecule has 8 heteroatoms. The fourth-order valence-corrected chi connectivity index (χ4v) is 3.32. The molecule has 0 spiro atoms. The summed E-state index contributed by atoms with van der Waals surface area (Å²) in [6.45, 7) is 9.50. The Morgan fingerprint density at radius 2 is 2.00 bits per heavy atom. The van der Waals surface area contributed by atoms with Crippen molar-refractivity contribution >= 4 is 41.4 Å². The van der Waals surface area contributed by atoms with Gasteiger partial charge in [0.1, 0.15) is 5.01 Å². The Bertz CT molecular complexity index is 596. The summed E-state index contributed by atoms with van der Waals surface area (Å²) in [5.74, 6) is 0.486. The number of aliphatic hydroxyl groups is 1. The molecular formula is C15H22BNO4S2. The normalized spacial score (nSPS) is 20.1. The van der Waals surface area contributed by atoms with Crippen LogP contribution in [0.4, 0.5) is 0 Å². The maximum absolute atomic E-state index is 11.3. The fraction of sp³-hybridized carbons (Fsp3) is 0.600. The Labute approximate surface area is 145 Å². The van der Waals surface area contributed by atoms with Gasteiger partial charge in [0.2, 0.25) is 0 Å². The highest BCUT2D eigenvalue weighted by molar-refractivity contribution is 8.13. The average Bonchev–Trinajstić information content (AvgIpc) is 2.97. The van der Waals surface area contributed by atoms with E-state index in [0.29, 0.717) is 5.75 Å². The smallest absolute Gasteiger partial charge is 0.400 e. The Balaban J connectivity index is 2.26. The molecule has 0 aliphatic carbocycles. The lowest BCUT2D eigenvalue weighted by Crippen LogP contribution is -2.41. The number of thioether (sulfide) groups is 1. The van der Waals surface area contributed by atoms with Gasteiger partial charge in [0.15, 0.2) is 5.12 Å². The van der Waals surface area contributed by atoms with Gasteiger partial charge in [0, 0.05) is 18.9 Å². The van der Waals surface area contributed by atoms with Crippen LogP contribution in [0.3, 0.4) is 0 Å². The highest BCUT2D eigenvalue weighted by atomic mass is 32.2. The van der Waals surface area contributed by atoms with Crippen molar-refractivity contribution in [2.75, 3.05) is 5.75 Å². The minimum atomic E-state index is -0.506. The van der Waals surface area contributed by atoms with Crippen LogP contribution in [0.5, 0.6) is 0 Å². The molecule has 1 aliphatic heterocycles. The van der Waals surface area contributed by atoms with Crippen molar-refractivity contribution in [1.29, 1.82) is 0 Å². The number of nitrogens with zero attached hydrogens (tertiary/aromatic N) is 1. The number of thiazole rings is 1. The molecule has 1 aromatic heterocycles. The summed E-state index contributed by atoms with van der Waals surface area (Å²) in [5, 5.41) is 9.97. The molecule has 1 aromatic rings. The molecule has 0 aromatic carbocycles. The van der Waals surface area contributed by atoms with E-state index in [-0.39, 0.29) is 11.7 Å². The molecule has 23 heavy (non-hydrogen) atoms. The monoisotopic (exact) mass is 355 g/mol. The van der Waals surface area contributed by atoms with Crippen molar-refractivity contribution in [2.24, 2.45) is 0 Å². The molecule has 0 saturated carbocycles. The minimum absolute atomic E-state index is 0.0282. The minimum Gasteiger partial charge on any atom is -0.400 e. The van der Waals surface area contributed by atoms with Crippen LogP contribution >= 0.6 is 23.1 Å². The molecule has 1 saturated heterocycles. The van der Waals surface area contributed by atoms with E-state index >= 15 is 0 Å². The number of carbonyl (C=O) groups excluding carboxylic acids is 1. The summed E-state index contributed by atoms with van der Waals surface area (Å²) in [6, 6.07) is 0. The second-order valence-corrected chi connectivity index (χ2v) is 8.71. The topological polar surface area (TPSA) is 68.7 Å². The van der Waals surface area contributed by atoms with Crippen LogP contribution in [-0.4, -0.2) is 39.3 Å². The zero-order valence-electron chi connectivity index (χ0n) is 14.1. The third-order valence-electron chi connectivity index (χ3n) is 4.03. The molecule has 2 rings (SSSR count). The van der Waals surface area contributed by atoms with Gasteiger partial charge in [-0.3, -0.25) is 4.79 Å². The number of carbonyl (C=O) groups is 1. The lowest BCUT2D eigenvalue weighted by Gasteiger charge is -2.32. The van der Waals surface area contributed by atoms with E-state index in [0.717, 1.165) is 15.4 Å². The maximum Gasteiger partial charge on any atom is 0.491 e. The first-order valence-electron chi connectivity index (χ1n) is 7.39. The lowest BCUT2D eigenvalue weighted by atomic mass is 9.79. The Morgan fingerprint density at radius 1 is 1.39 bits per heavy atom. The van der Waals surface area contributed by atoms with Crippen molar-refractivity contribution in [3.05, 3.63) is 21.6 Å². The van der Waals surface area contributed by atoms with Crippen LogP contribution in [-0.2, 0) is 20.7 Å². The van der Waals surface area contributed by atoms with Gasteiger partial charge in [-0.1, -0.05) is 11.8 Å². The molecule has 0 atom stereocenters. The first-order chi connectivity index (χ1) is 10.6.